The molecule has 8 heteroatoms. The quantitative estimate of drug-likeness (QED) is 0.878. The van der Waals surface area contributed by atoms with Gasteiger partial charge in [-0.25, -0.2) is 13.4 Å². The van der Waals surface area contributed by atoms with E-state index in [9.17, 15) is 18.3 Å². The number of benzene rings is 1. The van der Waals surface area contributed by atoms with Crippen LogP contribution >= 0.6 is 0 Å². The standard InChI is InChI=1S/C15H17N3O4S/c1-9-3-4-14(10(2)5-9)23(21,22)18-7-12-11(16-8-17-12)6-13(18)15(19)20/h3-5,8,13H,6-7H2,1-2H3,(H,16,17)(H,19,20). The van der Waals surface area contributed by atoms with Gasteiger partial charge in [-0.2, -0.15) is 4.31 Å². The van der Waals surface area contributed by atoms with Gasteiger partial charge >= 0.3 is 5.97 Å². The summed E-state index contributed by atoms with van der Waals surface area (Å²) in [5.74, 6) is -1.17. The molecule has 23 heavy (non-hydrogen) atoms. The number of rotatable bonds is 3. The molecule has 1 aromatic carbocycles. The minimum atomic E-state index is -3.92. The molecular formula is C15H17N3O4S. The number of aromatic amines is 1. The van der Waals surface area contributed by atoms with E-state index in [4.69, 9.17) is 0 Å². The van der Waals surface area contributed by atoms with E-state index in [0.717, 1.165) is 9.87 Å². The number of carboxylic acid groups (broad SMARTS) is 1. The normalized spacial score (nSPS) is 18.6. The Labute approximate surface area is 134 Å². The van der Waals surface area contributed by atoms with Crippen LogP contribution in [-0.4, -0.2) is 39.8 Å². The average Bonchev–Trinajstić information content (AvgIpc) is 2.92. The Morgan fingerprint density at radius 1 is 1.39 bits per heavy atom. The number of fused-ring (bicyclic) bond motifs is 1. The van der Waals surface area contributed by atoms with Gasteiger partial charge in [0.15, 0.2) is 0 Å². The first-order valence-electron chi connectivity index (χ1n) is 7.13. The molecule has 1 aliphatic heterocycles. The van der Waals surface area contributed by atoms with Crippen molar-refractivity contribution < 1.29 is 18.3 Å². The van der Waals surface area contributed by atoms with E-state index in [1.165, 1.54) is 12.4 Å². The minimum Gasteiger partial charge on any atom is -0.480 e. The van der Waals surface area contributed by atoms with Crippen molar-refractivity contribution >= 4 is 16.0 Å². The summed E-state index contributed by atoms with van der Waals surface area (Å²) in [6.45, 7) is 3.56. The lowest BCUT2D eigenvalue weighted by Gasteiger charge is -2.31. The predicted molar refractivity (Wildman–Crippen MR) is 82.4 cm³/mol. The van der Waals surface area contributed by atoms with E-state index in [2.05, 4.69) is 9.97 Å². The molecule has 0 spiro atoms. The Kier molecular flexibility index (Phi) is 3.73. The van der Waals surface area contributed by atoms with Gasteiger partial charge in [0.25, 0.3) is 0 Å². The maximum absolute atomic E-state index is 13.0. The van der Waals surface area contributed by atoms with Crippen LogP contribution in [0.2, 0.25) is 0 Å². The number of carbonyl (C=O) groups is 1. The van der Waals surface area contributed by atoms with E-state index >= 15 is 0 Å². The van der Waals surface area contributed by atoms with Crippen LogP contribution in [0.4, 0.5) is 0 Å². The molecule has 1 atom stereocenters. The fourth-order valence-corrected chi connectivity index (χ4v) is 4.65. The smallest absolute Gasteiger partial charge is 0.322 e. The molecule has 1 aliphatic rings. The number of carboxylic acids is 1. The highest BCUT2D eigenvalue weighted by molar-refractivity contribution is 7.89. The molecule has 0 saturated carbocycles. The number of sulfonamides is 1. The Bertz CT molecular complexity index is 873. The van der Waals surface area contributed by atoms with Crippen LogP contribution in [0.1, 0.15) is 22.5 Å². The molecule has 7 nitrogen and oxygen atoms in total. The number of aliphatic carboxylic acids is 1. The van der Waals surface area contributed by atoms with Gasteiger partial charge in [0.2, 0.25) is 10.0 Å². The van der Waals surface area contributed by atoms with E-state index < -0.39 is 22.0 Å². The van der Waals surface area contributed by atoms with E-state index in [0.29, 0.717) is 17.0 Å². The highest BCUT2D eigenvalue weighted by Crippen LogP contribution is 2.29. The van der Waals surface area contributed by atoms with Gasteiger partial charge in [-0.15, -0.1) is 0 Å². The van der Waals surface area contributed by atoms with Crippen molar-refractivity contribution in [2.24, 2.45) is 0 Å². The molecule has 0 saturated heterocycles. The van der Waals surface area contributed by atoms with Crippen LogP contribution in [0.15, 0.2) is 29.4 Å². The van der Waals surface area contributed by atoms with E-state index in [1.54, 1.807) is 19.1 Å². The lowest BCUT2D eigenvalue weighted by molar-refractivity contribution is -0.141. The zero-order chi connectivity index (χ0) is 16.8. The molecule has 0 fully saturated rings. The minimum absolute atomic E-state index is 0.0258. The molecule has 1 aromatic heterocycles. The van der Waals surface area contributed by atoms with E-state index in [1.807, 2.05) is 6.92 Å². The molecule has 0 bridgehead atoms. The van der Waals surface area contributed by atoms with Crippen molar-refractivity contribution in [2.75, 3.05) is 0 Å². The summed E-state index contributed by atoms with van der Waals surface area (Å²) < 4.78 is 27.0. The third kappa shape index (κ3) is 2.64. The second-order valence-electron chi connectivity index (χ2n) is 5.71. The van der Waals surface area contributed by atoms with Crippen molar-refractivity contribution in [3.05, 3.63) is 47.0 Å². The number of hydrogen-bond donors (Lipinski definition) is 2. The number of imidazole rings is 1. The highest BCUT2D eigenvalue weighted by Gasteiger charge is 2.41. The Morgan fingerprint density at radius 3 is 2.78 bits per heavy atom. The second-order valence-corrected chi connectivity index (χ2v) is 7.56. The SMILES string of the molecule is Cc1ccc(S(=O)(=O)N2Cc3[nH]cnc3CC2C(=O)O)c(C)c1. The molecular weight excluding hydrogens is 318 g/mol. The van der Waals surface area contributed by atoms with Crippen molar-refractivity contribution in [3.8, 4) is 0 Å². The van der Waals surface area contributed by atoms with Crippen LogP contribution in [-0.2, 0) is 27.8 Å². The number of aromatic nitrogens is 2. The molecule has 0 radical (unpaired) electrons. The average molecular weight is 335 g/mol. The lowest BCUT2D eigenvalue weighted by Crippen LogP contribution is -2.48. The number of H-pyrrole nitrogens is 1. The number of nitrogens with zero attached hydrogens (tertiary/aromatic N) is 2. The first kappa shape index (κ1) is 15.7. The molecule has 2 heterocycles. The summed E-state index contributed by atoms with van der Waals surface area (Å²) in [5, 5.41) is 9.45. The van der Waals surface area contributed by atoms with Gasteiger partial charge in [-0.05, 0) is 25.5 Å². The largest absolute Gasteiger partial charge is 0.480 e. The van der Waals surface area contributed by atoms with Crippen LogP contribution in [0.5, 0.6) is 0 Å². The number of nitrogens with one attached hydrogen (secondary N) is 1. The number of hydrogen-bond acceptors (Lipinski definition) is 4. The van der Waals surface area contributed by atoms with Gasteiger partial charge in [-0.3, -0.25) is 4.79 Å². The van der Waals surface area contributed by atoms with Crippen LogP contribution in [0, 0.1) is 13.8 Å². The van der Waals surface area contributed by atoms with E-state index in [-0.39, 0.29) is 17.9 Å². The fourth-order valence-electron chi connectivity index (χ4n) is 2.89. The van der Waals surface area contributed by atoms with Crippen molar-refractivity contribution in [3.63, 3.8) is 0 Å². The Hall–Kier alpha value is -2.19. The molecule has 0 aliphatic carbocycles. The Balaban J connectivity index is 2.08. The van der Waals surface area contributed by atoms with Crippen molar-refractivity contribution in [2.45, 2.75) is 37.8 Å². The summed E-state index contributed by atoms with van der Waals surface area (Å²) in [6, 6.07) is 3.85. The summed E-state index contributed by atoms with van der Waals surface area (Å²) in [4.78, 5) is 18.7. The molecule has 3 rings (SSSR count). The highest BCUT2D eigenvalue weighted by atomic mass is 32.2. The molecule has 2 N–H and O–H groups in total. The lowest BCUT2D eigenvalue weighted by atomic mass is 10.1. The Morgan fingerprint density at radius 2 is 2.13 bits per heavy atom. The first-order chi connectivity index (χ1) is 10.8. The van der Waals surface area contributed by atoms with Gasteiger partial charge in [-0.1, -0.05) is 17.7 Å². The van der Waals surface area contributed by atoms with Crippen LogP contribution in [0.3, 0.4) is 0 Å². The molecule has 2 aromatic rings. The van der Waals surface area contributed by atoms with Crippen LogP contribution in [0.25, 0.3) is 0 Å². The molecule has 122 valence electrons. The third-order valence-corrected chi connectivity index (χ3v) is 6.07. The topological polar surface area (TPSA) is 103 Å². The van der Waals surface area contributed by atoms with Crippen molar-refractivity contribution in [1.82, 2.24) is 14.3 Å². The third-order valence-electron chi connectivity index (χ3n) is 4.06. The summed E-state index contributed by atoms with van der Waals surface area (Å²) in [6.07, 6.45) is 1.51. The van der Waals surface area contributed by atoms with Gasteiger partial charge in [0.1, 0.15) is 6.04 Å². The second kappa shape index (κ2) is 5.47. The monoisotopic (exact) mass is 335 g/mol. The van der Waals surface area contributed by atoms with Gasteiger partial charge in [0.05, 0.1) is 29.2 Å². The predicted octanol–water partition coefficient (Wildman–Crippen LogP) is 1.23. The summed E-state index contributed by atoms with van der Waals surface area (Å²) >= 11 is 0. The van der Waals surface area contributed by atoms with Crippen LogP contribution < -0.4 is 0 Å². The summed E-state index contributed by atoms with van der Waals surface area (Å²) in [7, 11) is -3.92. The maximum atomic E-state index is 13.0. The number of aryl methyl sites for hydroxylation is 2. The van der Waals surface area contributed by atoms with Gasteiger partial charge in [0, 0.05) is 6.42 Å². The summed E-state index contributed by atoms with van der Waals surface area (Å²) in [5.41, 5.74) is 2.79. The molecule has 0 amide bonds. The molecule has 1 unspecified atom stereocenters. The zero-order valence-corrected chi connectivity index (χ0v) is 13.6. The van der Waals surface area contributed by atoms with Crippen molar-refractivity contribution in [1.29, 1.82) is 0 Å². The van der Waals surface area contributed by atoms with Gasteiger partial charge < -0.3 is 10.1 Å². The maximum Gasteiger partial charge on any atom is 0.322 e. The zero-order valence-electron chi connectivity index (χ0n) is 12.8. The first-order valence-corrected chi connectivity index (χ1v) is 8.57. The fraction of sp³-hybridized carbons (Fsp3) is 0.333.